The number of urea groups is 1. The monoisotopic (exact) mass is 603 g/mol. The molecule has 2 N–H and O–H groups in total. The molecule has 0 bridgehead atoms. The molecule has 0 saturated heterocycles. The van der Waals surface area contributed by atoms with Gasteiger partial charge < -0.3 is 15.5 Å². The number of amides is 3. The molecule has 4 aromatic rings. The number of nitrogens with zero attached hydrogens (tertiary/aromatic N) is 3. The van der Waals surface area contributed by atoms with Gasteiger partial charge in [-0.2, -0.15) is 31.4 Å². The van der Waals surface area contributed by atoms with E-state index in [1.165, 1.54) is 6.92 Å². The van der Waals surface area contributed by atoms with E-state index >= 15 is 0 Å². The molecule has 0 radical (unpaired) electrons. The van der Waals surface area contributed by atoms with Crippen LogP contribution in [0.5, 0.6) is 0 Å². The Morgan fingerprint density at radius 2 is 1.42 bits per heavy atom. The maximum absolute atomic E-state index is 13.3. The Kier molecular flexibility index (Phi) is 8.83. The number of alkyl halides is 6. The van der Waals surface area contributed by atoms with Gasteiger partial charge in [-0.3, -0.25) is 4.79 Å². The van der Waals surface area contributed by atoms with Crippen molar-refractivity contribution in [3.8, 4) is 16.8 Å². The molecule has 0 fully saturated rings. The first-order chi connectivity index (χ1) is 20.2. The summed E-state index contributed by atoms with van der Waals surface area (Å²) in [7, 11) is 0. The summed E-state index contributed by atoms with van der Waals surface area (Å²) in [5, 5.41) is 9.51. The number of carbonyl (C=O) groups excluding carboxylic acids is 2. The van der Waals surface area contributed by atoms with Crippen LogP contribution in [0.3, 0.4) is 0 Å². The van der Waals surface area contributed by atoms with Crippen molar-refractivity contribution in [2.24, 2.45) is 0 Å². The van der Waals surface area contributed by atoms with Crippen LogP contribution in [0.15, 0.2) is 72.8 Å². The van der Waals surface area contributed by atoms with Crippen LogP contribution >= 0.6 is 0 Å². The summed E-state index contributed by atoms with van der Waals surface area (Å²) < 4.78 is 81.2. The Morgan fingerprint density at radius 3 is 1.98 bits per heavy atom. The Bertz CT molecular complexity index is 1600. The van der Waals surface area contributed by atoms with Gasteiger partial charge in [0.05, 0.1) is 22.5 Å². The molecule has 3 aromatic carbocycles. The lowest BCUT2D eigenvalue weighted by Crippen LogP contribution is -2.40. The summed E-state index contributed by atoms with van der Waals surface area (Å²) >= 11 is 0. The maximum Gasteiger partial charge on any atom is 0.416 e. The van der Waals surface area contributed by atoms with Crippen molar-refractivity contribution in [3.63, 3.8) is 0 Å². The fourth-order valence-corrected chi connectivity index (χ4v) is 4.47. The van der Waals surface area contributed by atoms with Gasteiger partial charge in [-0.25, -0.2) is 9.48 Å². The van der Waals surface area contributed by atoms with Crippen LogP contribution in [-0.4, -0.2) is 39.7 Å². The highest BCUT2D eigenvalue weighted by molar-refractivity contribution is 5.99. The Balaban J connectivity index is 1.62. The van der Waals surface area contributed by atoms with Crippen LogP contribution in [0.1, 0.15) is 29.3 Å². The van der Waals surface area contributed by atoms with Crippen molar-refractivity contribution in [2.75, 3.05) is 23.7 Å². The van der Waals surface area contributed by atoms with Crippen molar-refractivity contribution in [2.45, 2.75) is 33.1 Å². The normalized spacial score (nSPS) is 11.7. The van der Waals surface area contributed by atoms with Crippen LogP contribution in [0.2, 0.25) is 0 Å². The molecular formula is C30H27F6N5O2. The molecule has 1 aromatic heterocycles. The second-order valence-corrected chi connectivity index (χ2v) is 9.66. The van der Waals surface area contributed by atoms with Gasteiger partial charge in [0, 0.05) is 17.8 Å². The van der Waals surface area contributed by atoms with Gasteiger partial charge in [-0.05, 0) is 56.2 Å². The van der Waals surface area contributed by atoms with E-state index in [1.807, 2.05) is 61.5 Å². The number of nitrogens with one attached hydrogen (secondary N) is 2. The van der Waals surface area contributed by atoms with Crippen molar-refractivity contribution in [3.05, 3.63) is 95.2 Å². The zero-order chi connectivity index (χ0) is 31.5. The summed E-state index contributed by atoms with van der Waals surface area (Å²) in [6, 6.07) is 16.2. The number of hydrogen-bond acceptors (Lipinski definition) is 3. The highest BCUT2D eigenvalue weighted by Gasteiger charge is 2.37. The van der Waals surface area contributed by atoms with Crippen LogP contribution in [-0.2, 0) is 17.1 Å². The number of rotatable bonds is 7. The number of benzene rings is 3. The molecule has 0 saturated carbocycles. The standard InChI is InChI=1S/C30H27F6N5O2/c1-4-40(28(43)37-23-15-21(29(31,32)33)14-22(16-23)30(34,35)36)17-25(42)38-27-26(20-11-6-5-7-12-20)19(3)39-41(27)24-13-9-8-10-18(24)2/h5-16H,4,17H2,1-3H3,(H,37,43)(H,38,42). The number of aromatic nitrogens is 2. The number of halogens is 6. The van der Waals surface area contributed by atoms with E-state index < -0.39 is 47.6 Å². The average molecular weight is 604 g/mol. The van der Waals surface area contributed by atoms with Crippen molar-refractivity contribution in [1.29, 1.82) is 0 Å². The number of aryl methyl sites for hydroxylation is 2. The fourth-order valence-electron chi connectivity index (χ4n) is 4.47. The molecule has 3 amide bonds. The summed E-state index contributed by atoms with van der Waals surface area (Å²) in [4.78, 5) is 27.2. The smallest absolute Gasteiger partial charge is 0.315 e. The third-order valence-electron chi connectivity index (χ3n) is 6.57. The van der Waals surface area contributed by atoms with Gasteiger partial charge in [0.25, 0.3) is 0 Å². The van der Waals surface area contributed by atoms with Crippen LogP contribution in [0, 0.1) is 13.8 Å². The van der Waals surface area contributed by atoms with Gasteiger partial charge in [0.1, 0.15) is 12.4 Å². The summed E-state index contributed by atoms with van der Waals surface area (Å²) in [6.45, 7) is 4.53. The lowest BCUT2D eigenvalue weighted by Gasteiger charge is -2.22. The summed E-state index contributed by atoms with van der Waals surface area (Å²) in [6.07, 6.45) is -10.2. The van der Waals surface area contributed by atoms with E-state index in [0.717, 1.165) is 16.0 Å². The van der Waals surface area contributed by atoms with Crippen molar-refractivity contribution < 1.29 is 35.9 Å². The van der Waals surface area contributed by atoms with E-state index in [2.05, 4.69) is 15.7 Å². The topological polar surface area (TPSA) is 79.3 Å². The Morgan fingerprint density at radius 1 is 0.837 bits per heavy atom. The predicted octanol–water partition coefficient (Wildman–Crippen LogP) is 7.69. The highest BCUT2D eigenvalue weighted by atomic mass is 19.4. The molecule has 0 aliphatic heterocycles. The molecule has 226 valence electrons. The van der Waals surface area contributed by atoms with Crippen LogP contribution in [0.4, 0.5) is 42.6 Å². The van der Waals surface area contributed by atoms with E-state index in [-0.39, 0.29) is 12.6 Å². The van der Waals surface area contributed by atoms with Gasteiger partial charge in [0.15, 0.2) is 0 Å². The Hall–Kier alpha value is -4.81. The molecule has 0 unspecified atom stereocenters. The summed E-state index contributed by atoms with van der Waals surface area (Å²) in [5.74, 6) is -0.337. The maximum atomic E-state index is 13.3. The zero-order valence-corrected chi connectivity index (χ0v) is 23.3. The van der Waals surface area contributed by atoms with E-state index in [1.54, 1.807) is 11.6 Å². The highest BCUT2D eigenvalue weighted by Crippen LogP contribution is 2.38. The second kappa shape index (κ2) is 12.2. The molecule has 0 spiro atoms. The molecule has 13 heteroatoms. The van der Waals surface area contributed by atoms with Crippen LogP contribution in [0.25, 0.3) is 16.8 Å². The number of hydrogen-bond donors (Lipinski definition) is 2. The van der Waals surface area contributed by atoms with Crippen molar-refractivity contribution >= 4 is 23.4 Å². The second-order valence-electron chi connectivity index (χ2n) is 9.66. The average Bonchev–Trinajstić information content (AvgIpc) is 3.26. The van der Waals surface area contributed by atoms with Crippen LogP contribution < -0.4 is 10.6 Å². The molecule has 0 aliphatic rings. The third kappa shape index (κ3) is 7.16. The molecule has 4 rings (SSSR count). The van der Waals surface area contributed by atoms with Gasteiger partial charge >= 0.3 is 18.4 Å². The van der Waals surface area contributed by atoms with E-state index in [4.69, 9.17) is 0 Å². The largest absolute Gasteiger partial charge is 0.416 e. The quantitative estimate of drug-likeness (QED) is 0.213. The Labute approximate surface area is 243 Å². The molecule has 1 heterocycles. The first kappa shape index (κ1) is 31.1. The van der Waals surface area contributed by atoms with Crippen molar-refractivity contribution in [1.82, 2.24) is 14.7 Å². The zero-order valence-electron chi connectivity index (χ0n) is 23.3. The molecular weight excluding hydrogens is 576 g/mol. The predicted molar refractivity (Wildman–Crippen MR) is 150 cm³/mol. The fraction of sp³-hybridized carbons (Fsp3) is 0.233. The lowest BCUT2D eigenvalue weighted by atomic mass is 10.1. The number of para-hydroxylation sites is 1. The van der Waals surface area contributed by atoms with E-state index in [9.17, 15) is 35.9 Å². The SMILES string of the molecule is CCN(CC(=O)Nc1c(-c2ccccc2)c(C)nn1-c1ccccc1C)C(=O)Nc1cc(C(F)(F)F)cc(C(F)(F)F)c1. The number of likely N-dealkylation sites (N-methyl/N-ethyl adjacent to an activating group) is 1. The minimum atomic E-state index is -5.08. The number of anilines is 2. The van der Waals surface area contributed by atoms with E-state index in [0.29, 0.717) is 34.9 Å². The minimum absolute atomic E-state index is 0.0371. The summed E-state index contributed by atoms with van der Waals surface area (Å²) in [5.41, 5.74) is -0.297. The van der Waals surface area contributed by atoms with Gasteiger partial charge in [0.2, 0.25) is 5.91 Å². The number of carbonyl (C=O) groups is 2. The minimum Gasteiger partial charge on any atom is -0.315 e. The van der Waals surface area contributed by atoms with Gasteiger partial charge in [-0.1, -0.05) is 48.5 Å². The van der Waals surface area contributed by atoms with Gasteiger partial charge in [-0.15, -0.1) is 0 Å². The third-order valence-corrected chi connectivity index (χ3v) is 6.57. The first-order valence-corrected chi connectivity index (χ1v) is 13.0. The molecule has 0 aliphatic carbocycles. The molecule has 0 atom stereocenters. The molecule has 7 nitrogen and oxygen atoms in total. The lowest BCUT2D eigenvalue weighted by molar-refractivity contribution is -0.143. The first-order valence-electron chi connectivity index (χ1n) is 13.0. The molecule has 43 heavy (non-hydrogen) atoms.